The Labute approximate surface area is 129 Å². The van der Waals surface area contributed by atoms with E-state index in [9.17, 15) is 0 Å². The van der Waals surface area contributed by atoms with E-state index < -0.39 is 0 Å². The maximum atomic E-state index is 6.21. The van der Waals surface area contributed by atoms with Crippen LogP contribution in [0.25, 0.3) is 0 Å². The molecular weight excluding hydrogens is 290 g/mol. The molecule has 0 radical (unpaired) electrons. The summed E-state index contributed by atoms with van der Waals surface area (Å²) in [5.41, 5.74) is 7.47. The van der Waals surface area contributed by atoms with Crippen molar-refractivity contribution in [1.29, 1.82) is 0 Å². The zero-order chi connectivity index (χ0) is 15.2. The minimum Gasteiger partial charge on any atom is -0.496 e. The Hall–Kier alpha value is -1.91. The van der Waals surface area contributed by atoms with Gasteiger partial charge in [0.25, 0.3) is 0 Å². The molecule has 0 saturated heterocycles. The Balaban J connectivity index is 2.12. The zero-order valence-corrected chi connectivity index (χ0v) is 12.8. The number of benzene rings is 2. The molecule has 0 aromatic heterocycles. The van der Waals surface area contributed by atoms with E-state index in [-0.39, 0.29) is 0 Å². The van der Waals surface area contributed by atoms with E-state index in [1.165, 1.54) is 0 Å². The molecule has 0 amide bonds. The lowest BCUT2D eigenvalue weighted by Crippen LogP contribution is -2.00. The molecule has 0 bridgehead atoms. The molecule has 2 N–H and O–H groups in total. The monoisotopic (exact) mass is 307 g/mol. The Bertz CT molecular complexity index is 594. The Morgan fingerprint density at radius 3 is 2.10 bits per heavy atom. The number of nitrogens with two attached hydrogens (primary N) is 1. The van der Waals surface area contributed by atoms with Crippen LogP contribution >= 0.6 is 11.6 Å². The van der Waals surface area contributed by atoms with Gasteiger partial charge in [0.05, 0.1) is 14.2 Å². The van der Waals surface area contributed by atoms with Crippen molar-refractivity contribution < 1.29 is 14.2 Å². The number of halogens is 1. The van der Waals surface area contributed by atoms with E-state index in [2.05, 4.69) is 0 Å². The van der Waals surface area contributed by atoms with Gasteiger partial charge in [0.2, 0.25) is 0 Å². The highest BCUT2D eigenvalue weighted by atomic mass is 35.5. The molecule has 0 aliphatic rings. The van der Waals surface area contributed by atoms with Crippen molar-refractivity contribution in [3.8, 4) is 17.2 Å². The topological polar surface area (TPSA) is 53.7 Å². The molecule has 0 fully saturated rings. The number of hydrogen-bond donors (Lipinski definition) is 1. The fourth-order valence-electron chi connectivity index (χ4n) is 1.86. The molecule has 0 unspecified atom stereocenters. The first kappa shape index (κ1) is 15.5. The van der Waals surface area contributed by atoms with Crippen LogP contribution in [0.5, 0.6) is 17.2 Å². The Kier molecular flexibility index (Phi) is 5.31. The number of rotatable bonds is 6. The summed E-state index contributed by atoms with van der Waals surface area (Å²) in [6.45, 7) is 0.827. The first-order chi connectivity index (χ1) is 10.2. The number of methoxy groups -OCH3 is 2. The largest absolute Gasteiger partial charge is 0.496 e. The van der Waals surface area contributed by atoms with E-state index in [0.717, 1.165) is 11.1 Å². The molecule has 112 valence electrons. The standard InChI is InChI=1S/C16H18ClNO3/c1-19-13-6-14(20-2)8-15(7-13)21-10-12-4-3-11(9-18)5-16(12)17/h3-8H,9-10,18H2,1-2H3. The average Bonchev–Trinajstić information content (AvgIpc) is 2.53. The van der Waals surface area contributed by atoms with Gasteiger partial charge >= 0.3 is 0 Å². The molecule has 0 atom stereocenters. The molecule has 5 heteroatoms. The SMILES string of the molecule is COc1cc(OC)cc(OCc2ccc(CN)cc2Cl)c1. The van der Waals surface area contributed by atoms with Gasteiger partial charge in [-0.2, -0.15) is 0 Å². The lowest BCUT2D eigenvalue weighted by Gasteiger charge is -2.11. The predicted molar refractivity (Wildman–Crippen MR) is 83.2 cm³/mol. The third kappa shape index (κ3) is 4.03. The number of ether oxygens (including phenoxy) is 3. The molecule has 0 saturated carbocycles. The molecule has 2 aromatic rings. The third-order valence-corrected chi connectivity index (χ3v) is 3.42. The van der Waals surface area contributed by atoms with Crippen molar-refractivity contribution in [3.63, 3.8) is 0 Å². The summed E-state index contributed by atoms with van der Waals surface area (Å²) in [5, 5.41) is 0.646. The lowest BCUT2D eigenvalue weighted by atomic mass is 10.1. The van der Waals surface area contributed by atoms with Crippen LogP contribution in [0.15, 0.2) is 36.4 Å². The Morgan fingerprint density at radius 1 is 0.952 bits per heavy atom. The molecule has 2 rings (SSSR count). The van der Waals surface area contributed by atoms with E-state index in [1.54, 1.807) is 32.4 Å². The second-order valence-electron chi connectivity index (χ2n) is 4.47. The van der Waals surface area contributed by atoms with Crippen LogP contribution in [-0.2, 0) is 13.2 Å². The van der Waals surface area contributed by atoms with Gasteiger partial charge in [-0.25, -0.2) is 0 Å². The van der Waals surface area contributed by atoms with Crippen molar-refractivity contribution in [2.45, 2.75) is 13.2 Å². The van der Waals surface area contributed by atoms with Crippen molar-refractivity contribution in [2.75, 3.05) is 14.2 Å². The second-order valence-corrected chi connectivity index (χ2v) is 4.87. The van der Waals surface area contributed by atoms with Gasteiger partial charge < -0.3 is 19.9 Å². The molecule has 2 aromatic carbocycles. The summed E-state index contributed by atoms with van der Waals surface area (Å²) in [6.07, 6.45) is 0. The second kappa shape index (κ2) is 7.20. The summed E-state index contributed by atoms with van der Waals surface area (Å²) in [6, 6.07) is 11.1. The van der Waals surface area contributed by atoms with Crippen LogP contribution < -0.4 is 19.9 Å². The Morgan fingerprint density at radius 2 is 1.57 bits per heavy atom. The average molecular weight is 308 g/mol. The molecular formula is C16H18ClNO3. The van der Waals surface area contributed by atoms with Gasteiger partial charge in [-0.15, -0.1) is 0 Å². The van der Waals surface area contributed by atoms with E-state index in [4.69, 9.17) is 31.5 Å². The highest BCUT2D eigenvalue weighted by Crippen LogP contribution is 2.28. The molecule has 0 spiro atoms. The minimum absolute atomic E-state index is 0.361. The number of hydrogen-bond acceptors (Lipinski definition) is 4. The first-order valence-corrected chi connectivity index (χ1v) is 6.87. The van der Waals surface area contributed by atoms with Crippen LogP contribution in [0.1, 0.15) is 11.1 Å². The van der Waals surface area contributed by atoms with E-state index >= 15 is 0 Å². The van der Waals surface area contributed by atoms with Crippen LogP contribution in [-0.4, -0.2) is 14.2 Å². The van der Waals surface area contributed by atoms with Gasteiger partial charge in [-0.3, -0.25) is 0 Å². The first-order valence-electron chi connectivity index (χ1n) is 6.49. The molecule has 0 aliphatic carbocycles. The molecule has 0 aliphatic heterocycles. The van der Waals surface area contributed by atoms with Crippen LogP contribution in [0.3, 0.4) is 0 Å². The smallest absolute Gasteiger partial charge is 0.127 e. The maximum absolute atomic E-state index is 6.21. The molecule has 21 heavy (non-hydrogen) atoms. The summed E-state index contributed by atoms with van der Waals surface area (Å²) in [4.78, 5) is 0. The fraction of sp³-hybridized carbons (Fsp3) is 0.250. The van der Waals surface area contributed by atoms with Gasteiger partial charge in [-0.1, -0.05) is 23.7 Å². The van der Waals surface area contributed by atoms with Crippen molar-refractivity contribution >= 4 is 11.6 Å². The predicted octanol–water partition coefficient (Wildman–Crippen LogP) is 3.39. The van der Waals surface area contributed by atoms with Crippen LogP contribution in [0.2, 0.25) is 5.02 Å². The van der Waals surface area contributed by atoms with Crippen LogP contribution in [0, 0.1) is 0 Å². The van der Waals surface area contributed by atoms with Gasteiger partial charge in [0.1, 0.15) is 23.9 Å². The third-order valence-electron chi connectivity index (χ3n) is 3.07. The minimum atomic E-state index is 0.361. The van der Waals surface area contributed by atoms with Crippen molar-refractivity contribution in [3.05, 3.63) is 52.5 Å². The molecule has 0 heterocycles. The maximum Gasteiger partial charge on any atom is 0.127 e. The summed E-state index contributed by atoms with van der Waals surface area (Å²) in [5.74, 6) is 2.01. The summed E-state index contributed by atoms with van der Waals surface area (Å²) < 4.78 is 16.2. The quantitative estimate of drug-likeness (QED) is 0.888. The van der Waals surface area contributed by atoms with E-state index in [0.29, 0.717) is 35.4 Å². The van der Waals surface area contributed by atoms with Gasteiger partial charge in [-0.05, 0) is 11.6 Å². The highest BCUT2D eigenvalue weighted by Gasteiger charge is 2.06. The lowest BCUT2D eigenvalue weighted by molar-refractivity contribution is 0.300. The normalized spacial score (nSPS) is 10.3. The molecule has 4 nitrogen and oxygen atoms in total. The van der Waals surface area contributed by atoms with Crippen LogP contribution in [0.4, 0.5) is 0 Å². The van der Waals surface area contributed by atoms with Gasteiger partial charge in [0, 0.05) is 35.3 Å². The highest BCUT2D eigenvalue weighted by molar-refractivity contribution is 6.31. The van der Waals surface area contributed by atoms with E-state index in [1.807, 2.05) is 18.2 Å². The van der Waals surface area contributed by atoms with Crippen molar-refractivity contribution in [1.82, 2.24) is 0 Å². The van der Waals surface area contributed by atoms with Gasteiger partial charge in [0.15, 0.2) is 0 Å². The fourth-order valence-corrected chi connectivity index (χ4v) is 2.12. The summed E-state index contributed by atoms with van der Waals surface area (Å²) in [7, 11) is 3.20. The summed E-state index contributed by atoms with van der Waals surface area (Å²) >= 11 is 6.21. The van der Waals surface area contributed by atoms with Crippen molar-refractivity contribution in [2.24, 2.45) is 5.73 Å². The zero-order valence-electron chi connectivity index (χ0n) is 12.1.